The van der Waals surface area contributed by atoms with Gasteiger partial charge >= 0.3 is 17.9 Å². The van der Waals surface area contributed by atoms with Crippen molar-refractivity contribution in [3.63, 3.8) is 0 Å². The van der Waals surface area contributed by atoms with Crippen LogP contribution in [0.3, 0.4) is 0 Å². The molecule has 1 aliphatic heterocycles. The van der Waals surface area contributed by atoms with Crippen LogP contribution in [0.1, 0.15) is 40.0 Å². The van der Waals surface area contributed by atoms with Crippen molar-refractivity contribution in [2.45, 2.75) is 57.8 Å². The second-order valence-corrected chi connectivity index (χ2v) is 6.29. The molecule has 0 radical (unpaired) electrons. The number of carbonyl (C=O) groups excluding carboxylic acids is 3. The summed E-state index contributed by atoms with van der Waals surface area (Å²) in [5.41, 5.74) is -0.266. The van der Waals surface area contributed by atoms with Crippen LogP contribution in [0.5, 0.6) is 0 Å². The van der Waals surface area contributed by atoms with Crippen LogP contribution < -0.4 is 0 Å². The summed E-state index contributed by atoms with van der Waals surface area (Å²) in [4.78, 5) is 34.8. The first kappa shape index (κ1) is 15.5. The molecule has 2 fully saturated rings. The van der Waals surface area contributed by atoms with Crippen LogP contribution in [-0.4, -0.2) is 35.7 Å². The Hall–Kier alpha value is -1.85. The topological polar surface area (TPSA) is 78.9 Å². The quantitative estimate of drug-likeness (QED) is 0.444. The van der Waals surface area contributed by atoms with Gasteiger partial charge in [0.1, 0.15) is 11.7 Å². The Morgan fingerprint density at radius 3 is 2.38 bits per heavy atom. The lowest BCUT2D eigenvalue weighted by Gasteiger charge is -2.33. The molecule has 0 aromatic carbocycles. The standard InChI is InChI=1S/C15H20O6/c1-8(2)12(16)19-10-5-9(6-10)13(17)20-11-7-15(3,4)21-14(11)18/h9-11H,1,5-7H2,2-4H3. The van der Waals surface area contributed by atoms with Crippen LogP contribution >= 0.6 is 0 Å². The predicted octanol–water partition coefficient (Wildman–Crippen LogP) is 1.52. The zero-order valence-corrected chi connectivity index (χ0v) is 12.5. The largest absolute Gasteiger partial charge is 0.459 e. The van der Waals surface area contributed by atoms with E-state index in [0.29, 0.717) is 24.8 Å². The first-order valence-electron chi connectivity index (χ1n) is 6.98. The third kappa shape index (κ3) is 3.62. The van der Waals surface area contributed by atoms with Crippen molar-refractivity contribution < 1.29 is 28.6 Å². The Bertz CT molecular complexity index is 486. The van der Waals surface area contributed by atoms with Gasteiger partial charge in [-0.3, -0.25) is 4.79 Å². The third-order valence-electron chi connectivity index (χ3n) is 3.63. The minimum Gasteiger partial charge on any atom is -0.459 e. The summed E-state index contributed by atoms with van der Waals surface area (Å²) in [7, 11) is 0. The lowest BCUT2D eigenvalue weighted by atomic mass is 9.82. The number of hydrogen-bond donors (Lipinski definition) is 0. The fourth-order valence-electron chi connectivity index (χ4n) is 2.34. The molecule has 2 aliphatic rings. The van der Waals surface area contributed by atoms with Gasteiger partial charge in [-0.25, -0.2) is 9.59 Å². The highest BCUT2D eigenvalue weighted by Crippen LogP contribution is 2.34. The average Bonchev–Trinajstić information content (AvgIpc) is 2.55. The number of ether oxygens (including phenoxy) is 3. The van der Waals surface area contributed by atoms with Crippen LogP contribution in [0.4, 0.5) is 0 Å². The molecule has 0 aromatic rings. The SMILES string of the molecule is C=C(C)C(=O)OC1CC(C(=O)OC2CC(C)(C)OC2=O)C1. The number of carbonyl (C=O) groups is 3. The molecule has 21 heavy (non-hydrogen) atoms. The summed E-state index contributed by atoms with van der Waals surface area (Å²) < 4.78 is 15.4. The van der Waals surface area contributed by atoms with Crippen LogP contribution in [0.15, 0.2) is 12.2 Å². The van der Waals surface area contributed by atoms with Crippen LogP contribution in [0.25, 0.3) is 0 Å². The Morgan fingerprint density at radius 2 is 1.90 bits per heavy atom. The molecule has 2 rings (SSSR count). The molecular weight excluding hydrogens is 276 g/mol. The van der Waals surface area contributed by atoms with Gasteiger partial charge < -0.3 is 14.2 Å². The molecule has 0 aromatic heterocycles. The van der Waals surface area contributed by atoms with Crippen LogP contribution in [0, 0.1) is 5.92 Å². The fourth-order valence-corrected chi connectivity index (χ4v) is 2.34. The molecule has 0 spiro atoms. The maximum Gasteiger partial charge on any atom is 0.348 e. The van der Waals surface area contributed by atoms with Gasteiger partial charge in [-0.15, -0.1) is 0 Å². The van der Waals surface area contributed by atoms with Crippen LogP contribution in [0.2, 0.25) is 0 Å². The van der Waals surface area contributed by atoms with Crippen molar-refractivity contribution in [2.75, 3.05) is 0 Å². The molecule has 1 unspecified atom stereocenters. The van der Waals surface area contributed by atoms with E-state index in [4.69, 9.17) is 14.2 Å². The molecule has 1 atom stereocenters. The molecule has 116 valence electrons. The van der Waals surface area contributed by atoms with E-state index in [0.717, 1.165) is 0 Å². The minimum absolute atomic E-state index is 0.279. The molecule has 1 saturated heterocycles. The summed E-state index contributed by atoms with van der Waals surface area (Å²) in [5.74, 6) is -1.72. The van der Waals surface area contributed by atoms with E-state index in [2.05, 4.69) is 6.58 Å². The van der Waals surface area contributed by atoms with Gasteiger partial charge in [0, 0.05) is 12.0 Å². The van der Waals surface area contributed by atoms with E-state index >= 15 is 0 Å². The summed E-state index contributed by atoms with van der Waals surface area (Å²) in [5, 5.41) is 0. The lowest BCUT2D eigenvalue weighted by Crippen LogP contribution is -2.40. The molecule has 1 aliphatic carbocycles. The molecule has 0 amide bonds. The average molecular weight is 296 g/mol. The van der Waals surface area contributed by atoms with E-state index in [1.54, 1.807) is 20.8 Å². The summed E-state index contributed by atoms with van der Waals surface area (Å²) in [6.07, 6.45) is 0.0907. The van der Waals surface area contributed by atoms with E-state index < -0.39 is 29.6 Å². The number of hydrogen-bond acceptors (Lipinski definition) is 6. The van der Waals surface area contributed by atoms with Gasteiger partial charge in [0.05, 0.1) is 5.92 Å². The molecule has 6 nitrogen and oxygen atoms in total. The Balaban J connectivity index is 1.76. The number of cyclic esters (lactones) is 1. The van der Waals surface area contributed by atoms with Crippen molar-refractivity contribution in [2.24, 2.45) is 5.92 Å². The molecule has 6 heteroatoms. The Labute approximate surface area is 123 Å². The highest BCUT2D eigenvalue weighted by atomic mass is 16.6. The molecule has 0 N–H and O–H groups in total. The minimum atomic E-state index is -0.829. The van der Waals surface area contributed by atoms with Crippen molar-refractivity contribution in [3.05, 3.63) is 12.2 Å². The first-order chi connectivity index (χ1) is 9.68. The highest BCUT2D eigenvalue weighted by Gasteiger charge is 2.45. The maximum absolute atomic E-state index is 11.9. The number of rotatable bonds is 4. The van der Waals surface area contributed by atoms with Gasteiger partial charge in [0.2, 0.25) is 6.10 Å². The smallest absolute Gasteiger partial charge is 0.348 e. The highest BCUT2D eigenvalue weighted by molar-refractivity contribution is 5.87. The van der Waals surface area contributed by atoms with E-state index in [1.807, 2.05) is 0 Å². The van der Waals surface area contributed by atoms with Gasteiger partial charge in [-0.2, -0.15) is 0 Å². The van der Waals surface area contributed by atoms with E-state index in [9.17, 15) is 14.4 Å². The second kappa shape index (κ2) is 5.50. The second-order valence-electron chi connectivity index (χ2n) is 6.29. The van der Waals surface area contributed by atoms with Crippen molar-refractivity contribution in [1.82, 2.24) is 0 Å². The van der Waals surface area contributed by atoms with Gasteiger partial charge in [0.15, 0.2) is 0 Å². The molecular formula is C15H20O6. The van der Waals surface area contributed by atoms with Gasteiger partial charge in [-0.1, -0.05) is 6.58 Å². The molecule has 1 heterocycles. The van der Waals surface area contributed by atoms with Crippen LogP contribution in [-0.2, 0) is 28.6 Å². The summed E-state index contributed by atoms with van der Waals surface area (Å²) in [6, 6.07) is 0. The Morgan fingerprint density at radius 1 is 1.29 bits per heavy atom. The first-order valence-corrected chi connectivity index (χ1v) is 6.98. The zero-order chi connectivity index (χ0) is 15.8. The third-order valence-corrected chi connectivity index (χ3v) is 3.63. The van der Waals surface area contributed by atoms with Gasteiger partial charge in [-0.05, 0) is 33.6 Å². The fraction of sp³-hybridized carbons (Fsp3) is 0.667. The predicted molar refractivity (Wildman–Crippen MR) is 72.1 cm³/mol. The lowest BCUT2D eigenvalue weighted by molar-refractivity contribution is -0.172. The monoisotopic (exact) mass is 296 g/mol. The van der Waals surface area contributed by atoms with Crippen molar-refractivity contribution in [3.8, 4) is 0 Å². The summed E-state index contributed by atoms with van der Waals surface area (Å²) >= 11 is 0. The Kier molecular flexibility index (Phi) is 4.07. The van der Waals surface area contributed by atoms with E-state index in [1.165, 1.54) is 0 Å². The van der Waals surface area contributed by atoms with E-state index in [-0.39, 0.29) is 12.0 Å². The molecule has 0 bridgehead atoms. The maximum atomic E-state index is 11.9. The molecule has 1 saturated carbocycles. The number of esters is 3. The zero-order valence-electron chi connectivity index (χ0n) is 12.5. The summed E-state index contributed by atoms with van der Waals surface area (Å²) in [6.45, 7) is 8.61. The van der Waals surface area contributed by atoms with Crippen molar-refractivity contribution in [1.29, 1.82) is 0 Å². The van der Waals surface area contributed by atoms with Crippen molar-refractivity contribution >= 4 is 17.9 Å². The normalized spacial score (nSPS) is 30.0. The van der Waals surface area contributed by atoms with Gasteiger partial charge in [0.25, 0.3) is 0 Å².